The molecule has 0 saturated carbocycles. The van der Waals surface area contributed by atoms with Gasteiger partial charge in [-0.25, -0.2) is 0 Å². The highest BCUT2D eigenvalue weighted by Gasteiger charge is 2.21. The third kappa shape index (κ3) is 1.63. The Labute approximate surface area is 84.5 Å². The van der Waals surface area contributed by atoms with E-state index in [0.717, 1.165) is 10.2 Å². The van der Waals surface area contributed by atoms with Crippen molar-refractivity contribution < 1.29 is 0 Å². The Hall–Kier alpha value is -0.115. The van der Waals surface area contributed by atoms with Crippen LogP contribution < -0.4 is 0 Å². The maximum Gasteiger partial charge on any atom is 0.0737 e. The molecule has 1 heterocycles. The fourth-order valence-electron chi connectivity index (χ4n) is 1.10. The molecule has 0 aliphatic rings. The summed E-state index contributed by atoms with van der Waals surface area (Å²) in [7, 11) is 18.4. The topological polar surface area (TPSA) is 17.8 Å². The van der Waals surface area contributed by atoms with Crippen molar-refractivity contribution in [2.75, 3.05) is 0 Å². The molecule has 1 aromatic heterocycles. The Bertz CT molecular complexity index is 302. The summed E-state index contributed by atoms with van der Waals surface area (Å²) in [5, 5.41) is 2.75. The molecule has 0 aliphatic heterocycles. The van der Waals surface area contributed by atoms with E-state index in [1.807, 2.05) is 6.92 Å². The van der Waals surface area contributed by atoms with Crippen molar-refractivity contribution in [1.82, 2.24) is 9.78 Å². The monoisotopic (exact) mass is 218 g/mol. The van der Waals surface area contributed by atoms with Crippen LogP contribution in [0.25, 0.3) is 0 Å². The second-order valence-corrected chi connectivity index (χ2v) is 3.60. The zero-order valence-corrected chi connectivity index (χ0v) is 8.59. The molecule has 2 nitrogen and oxygen atoms in total. The van der Waals surface area contributed by atoms with Crippen molar-refractivity contribution in [3.8, 4) is 0 Å². The Morgan fingerprint density at radius 2 is 1.92 bits per heavy atom. The van der Waals surface area contributed by atoms with E-state index in [-0.39, 0.29) is 0 Å². The molecular weight excluding hydrogens is 212 g/mol. The molecule has 6 heteroatoms. The first-order valence-electron chi connectivity index (χ1n) is 3.40. The molecule has 0 unspecified atom stereocenters. The summed E-state index contributed by atoms with van der Waals surface area (Å²) >= 11 is 3.31. The number of aryl methyl sites for hydroxylation is 2. The molecule has 0 spiro atoms. The van der Waals surface area contributed by atoms with E-state index < -0.39 is 5.11 Å². The lowest BCUT2D eigenvalue weighted by molar-refractivity contribution is 0.713. The predicted octanol–water partition coefficient (Wildman–Crippen LogP) is 0.107. The van der Waals surface area contributed by atoms with Crippen LogP contribution in [0.1, 0.15) is 11.4 Å². The van der Waals surface area contributed by atoms with E-state index in [9.17, 15) is 0 Å². The van der Waals surface area contributed by atoms with Crippen molar-refractivity contribution in [1.29, 1.82) is 0 Å². The average molecular weight is 218 g/mol. The standard InChI is InChI=1S/C6H6B3BrN2/c1-3-4(10)5(6(7,8)9)12(2)11-3/h1-2H3. The summed E-state index contributed by atoms with van der Waals surface area (Å²) in [6, 6.07) is 0. The second-order valence-electron chi connectivity index (χ2n) is 2.80. The Kier molecular flexibility index (Phi) is 2.48. The molecule has 0 amide bonds. The molecule has 0 aromatic carbocycles. The van der Waals surface area contributed by atoms with Gasteiger partial charge in [-0.2, -0.15) is 5.10 Å². The zero-order valence-electron chi connectivity index (χ0n) is 7.00. The van der Waals surface area contributed by atoms with E-state index in [4.69, 9.17) is 23.5 Å². The first-order chi connectivity index (χ1) is 5.34. The summed E-state index contributed by atoms with van der Waals surface area (Å²) in [6.45, 7) is 1.85. The van der Waals surface area contributed by atoms with E-state index in [1.54, 1.807) is 11.7 Å². The molecule has 0 N–H and O–H groups in total. The van der Waals surface area contributed by atoms with Crippen LogP contribution >= 0.6 is 15.9 Å². The van der Waals surface area contributed by atoms with Crippen molar-refractivity contribution in [2.45, 2.75) is 12.0 Å². The fraction of sp³-hybridized carbons (Fsp3) is 0.500. The molecule has 1 aromatic rings. The highest BCUT2D eigenvalue weighted by Crippen LogP contribution is 2.26. The first kappa shape index (κ1) is 9.97. The molecule has 0 bridgehead atoms. The predicted molar refractivity (Wildman–Crippen MR) is 54.6 cm³/mol. The molecule has 12 heavy (non-hydrogen) atoms. The lowest BCUT2D eigenvalue weighted by Gasteiger charge is -2.20. The van der Waals surface area contributed by atoms with Gasteiger partial charge in [0, 0.05) is 12.7 Å². The average Bonchev–Trinajstić information content (AvgIpc) is 2.05. The van der Waals surface area contributed by atoms with Crippen LogP contribution in [0.15, 0.2) is 4.47 Å². The zero-order chi connectivity index (χ0) is 9.52. The van der Waals surface area contributed by atoms with E-state index in [2.05, 4.69) is 21.0 Å². The van der Waals surface area contributed by atoms with Gasteiger partial charge in [-0.1, -0.05) is 5.11 Å². The number of hydrogen-bond acceptors (Lipinski definition) is 1. The van der Waals surface area contributed by atoms with Gasteiger partial charge >= 0.3 is 0 Å². The van der Waals surface area contributed by atoms with Crippen LogP contribution in [-0.2, 0) is 12.2 Å². The van der Waals surface area contributed by atoms with Crippen LogP contribution in [0.2, 0.25) is 0 Å². The van der Waals surface area contributed by atoms with Crippen LogP contribution in [-0.4, -0.2) is 33.3 Å². The lowest BCUT2D eigenvalue weighted by Crippen LogP contribution is -2.30. The minimum atomic E-state index is -1.35. The van der Waals surface area contributed by atoms with Crippen molar-refractivity contribution in [3.63, 3.8) is 0 Å². The minimum absolute atomic E-state index is 0.583. The maximum atomic E-state index is 5.54. The van der Waals surface area contributed by atoms with Gasteiger partial charge in [0.05, 0.1) is 33.7 Å². The highest BCUT2D eigenvalue weighted by molar-refractivity contribution is 9.10. The Balaban J connectivity index is 3.32. The number of rotatable bonds is 1. The number of aromatic nitrogens is 2. The largest absolute Gasteiger partial charge is 0.273 e. The summed E-state index contributed by atoms with van der Waals surface area (Å²) in [5.41, 5.74) is 1.40. The molecule has 0 aliphatic carbocycles. The summed E-state index contributed by atoms with van der Waals surface area (Å²) in [4.78, 5) is 0. The van der Waals surface area contributed by atoms with Crippen LogP contribution in [0.5, 0.6) is 0 Å². The summed E-state index contributed by atoms with van der Waals surface area (Å²) < 4.78 is 2.33. The molecule has 6 radical (unpaired) electrons. The molecule has 1 rings (SSSR count). The van der Waals surface area contributed by atoms with Crippen molar-refractivity contribution in [3.05, 3.63) is 15.9 Å². The fourth-order valence-corrected chi connectivity index (χ4v) is 1.78. The molecule has 56 valence electrons. The summed E-state index contributed by atoms with van der Waals surface area (Å²) in [5.74, 6) is 0. The number of halogens is 1. The van der Waals surface area contributed by atoms with Gasteiger partial charge in [-0.15, -0.1) is 0 Å². The number of hydrogen-bond donors (Lipinski definition) is 0. The van der Waals surface area contributed by atoms with Gasteiger partial charge in [0.25, 0.3) is 0 Å². The maximum absolute atomic E-state index is 5.54. The van der Waals surface area contributed by atoms with E-state index in [0.29, 0.717) is 5.69 Å². The Morgan fingerprint density at radius 1 is 1.42 bits per heavy atom. The summed E-state index contributed by atoms with van der Waals surface area (Å²) in [6.07, 6.45) is 0. The minimum Gasteiger partial charge on any atom is -0.273 e. The first-order valence-corrected chi connectivity index (χ1v) is 4.19. The molecule has 0 fully saturated rings. The van der Waals surface area contributed by atoms with Crippen LogP contribution in [0.4, 0.5) is 0 Å². The van der Waals surface area contributed by atoms with Gasteiger partial charge in [0.1, 0.15) is 0 Å². The van der Waals surface area contributed by atoms with Gasteiger partial charge in [-0.3, -0.25) is 4.68 Å². The van der Waals surface area contributed by atoms with Gasteiger partial charge in [0.15, 0.2) is 0 Å². The molecule has 0 saturated heterocycles. The van der Waals surface area contributed by atoms with Gasteiger partial charge in [-0.05, 0) is 22.9 Å². The van der Waals surface area contributed by atoms with Crippen molar-refractivity contribution >= 4 is 39.5 Å². The second kappa shape index (κ2) is 2.98. The number of nitrogens with zero attached hydrogens (tertiary/aromatic N) is 2. The molecular formula is C6H6B3BrN2. The van der Waals surface area contributed by atoms with E-state index in [1.165, 1.54) is 0 Å². The highest BCUT2D eigenvalue weighted by atomic mass is 79.9. The van der Waals surface area contributed by atoms with Gasteiger partial charge in [0.2, 0.25) is 0 Å². The van der Waals surface area contributed by atoms with Crippen molar-refractivity contribution in [2.24, 2.45) is 7.05 Å². The SMILES string of the molecule is [B]C([B])([B])c1c(Br)c(C)nn1C. The lowest BCUT2D eigenvalue weighted by atomic mass is 9.41. The Morgan fingerprint density at radius 3 is 2.08 bits per heavy atom. The van der Waals surface area contributed by atoms with E-state index >= 15 is 0 Å². The quantitative estimate of drug-likeness (QED) is 0.612. The van der Waals surface area contributed by atoms with Crippen LogP contribution in [0.3, 0.4) is 0 Å². The third-order valence-corrected chi connectivity index (χ3v) is 2.51. The normalized spacial score (nSPS) is 11.9. The molecule has 0 atom stereocenters. The smallest absolute Gasteiger partial charge is 0.0737 e. The third-order valence-electron chi connectivity index (χ3n) is 1.56. The van der Waals surface area contributed by atoms with Gasteiger partial charge < -0.3 is 0 Å². The van der Waals surface area contributed by atoms with Crippen LogP contribution in [0, 0.1) is 6.92 Å².